The van der Waals surface area contributed by atoms with Crippen LogP contribution in [-0.2, 0) is 0 Å². The molecule has 0 unspecified atom stereocenters. The largest absolute Gasteiger partial charge is 0.481 e. The zero-order chi connectivity index (χ0) is 10.6. The van der Waals surface area contributed by atoms with Crippen molar-refractivity contribution < 1.29 is 9.66 Å². The summed E-state index contributed by atoms with van der Waals surface area (Å²) in [5.41, 5.74) is 0.755. The number of terminal acetylenes is 1. The van der Waals surface area contributed by atoms with Crippen molar-refractivity contribution in [2.45, 2.75) is 6.92 Å². The van der Waals surface area contributed by atoms with E-state index in [0.29, 0.717) is 11.3 Å². The molecule has 0 bridgehead atoms. The van der Waals surface area contributed by atoms with E-state index in [0.717, 1.165) is 0 Å². The summed E-state index contributed by atoms with van der Waals surface area (Å²) in [6, 6.07) is 4.38. The second kappa shape index (κ2) is 4.28. The second-order valence-electron chi connectivity index (χ2n) is 2.70. The first-order valence-corrected chi connectivity index (χ1v) is 3.96. The van der Waals surface area contributed by atoms with Gasteiger partial charge in [0.1, 0.15) is 12.4 Å². The maximum Gasteiger partial charge on any atom is 0.269 e. The molecule has 1 aromatic rings. The predicted molar refractivity (Wildman–Crippen MR) is 52.2 cm³/mol. The van der Waals surface area contributed by atoms with Gasteiger partial charge < -0.3 is 4.74 Å². The summed E-state index contributed by atoms with van der Waals surface area (Å²) in [5.74, 6) is 2.90. The molecule has 0 fully saturated rings. The van der Waals surface area contributed by atoms with Crippen molar-refractivity contribution in [1.82, 2.24) is 0 Å². The van der Waals surface area contributed by atoms with Crippen molar-refractivity contribution in [3.63, 3.8) is 0 Å². The Balaban J connectivity index is 2.91. The molecule has 0 aromatic heterocycles. The van der Waals surface area contributed by atoms with Gasteiger partial charge in [0, 0.05) is 12.1 Å². The smallest absolute Gasteiger partial charge is 0.269 e. The summed E-state index contributed by atoms with van der Waals surface area (Å²) in [5, 5.41) is 10.4. The van der Waals surface area contributed by atoms with Crippen LogP contribution in [0, 0.1) is 29.4 Å². The Hall–Kier alpha value is -2.02. The van der Waals surface area contributed by atoms with Crippen molar-refractivity contribution in [3.05, 3.63) is 33.9 Å². The van der Waals surface area contributed by atoms with E-state index in [1.165, 1.54) is 12.1 Å². The molecule has 0 aliphatic heterocycles. The Labute approximate surface area is 81.7 Å². The lowest BCUT2D eigenvalue weighted by Crippen LogP contribution is -1.96. The topological polar surface area (TPSA) is 52.4 Å². The summed E-state index contributed by atoms with van der Waals surface area (Å²) in [7, 11) is 0. The minimum atomic E-state index is -0.446. The fourth-order valence-electron chi connectivity index (χ4n) is 1.03. The van der Waals surface area contributed by atoms with Gasteiger partial charge in [-0.3, -0.25) is 10.1 Å². The molecule has 4 heteroatoms. The number of benzene rings is 1. The Kier molecular flexibility index (Phi) is 3.08. The van der Waals surface area contributed by atoms with Crippen LogP contribution in [0.4, 0.5) is 5.69 Å². The molecule has 0 aliphatic rings. The Morgan fingerprint density at radius 3 is 2.86 bits per heavy atom. The highest BCUT2D eigenvalue weighted by Gasteiger charge is 2.07. The zero-order valence-corrected chi connectivity index (χ0v) is 7.69. The molecule has 0 radical (unpaired) electrons. The number of non-ortho nitro benzene ring substituents is 1. The van der Waals surface area contributed by atoms with Crippen LogP contribution in [0.2, 0.25) is 0 Å². The number of ether oxygens (including phenoxy) is 1. The van der Waals surface area contributed by atoms with Gasteiger partial charge in [0.05, 0.1) is 4.92 Å². The molecule has 1 aromatic carbocycles. The van der Waals surface area contributed by atoms with Crippen molar-refractivity contribution in [1.29, 1.82) is 0 Å². The lowest BCUT2D eigenvalue weighted by molar-refractivity contribution is -0.384. The van der Waals surface area contributed by atoms with Crippen LogP contribution in [0.5, 0.6) is 5.75 Å². The van der Waals surface area contributed by atoms with Gasteiger partial charge in [0.2, 0.25) is 0 Å². The van der Waals surface area contributed by atoms with E-state index in [9.17, 15) is 10.1 Å². The molecule has 0 saturated carbocycles. The number of hydrogen-bond acceptors (Lipinski definition) is 3. The number of nitro benzene ring substituents is 1. The molecule has 0 N–H and O–H groups in total. The maximum atomic E-state index is 10.4. The van der Waals surface area contributed by atoms with Crippen molar-refractivity contribution >= 4 is 5.69 Å². The molecule has 0 saturated heterocycles. The lowest BCUT2D eigenvalue weighted by Gasteiger charge is -2.04. The van der Waals surface area contributed by atoms with E-state index < -0.39 is 4.92 Å². The highest BCUT2D eigenvalue weighted by molar-refractivity contribution is 5.43. The van der Waals surface area contributed by atoms with Gasteiger partial charge in [-0.1, -0.05) is 5.92 Å². The monoisotopic (exact) mass is 191 g/mol. The number of nitro groups is 1. The first-order valence-electron chi connectivity index (χ1n) is 3.96. The second-order valence-corrected chi connectivity index (χ2v) is 2.70. The molecular weight excluding hydrogens is 182 g/mol. The van der Waals surface area contributed by atoms with Gasteiger partial charge in [-0.25, -0.2) is 0 Å². The highest BCUT2D eigenvalue weighted by atomic mass is 16.6. The van der Waals surface area contributed by atoms with Crippen LogP contribution >= 0.6 is 0 Å². The van der Waals surface area contributed by atoms with Crippen molar-refractivity contribution in [2.75, 3.05) is 6.61 Å². The van der Waals surface area contributed by atoms with Gasteiger partial charge in [-0.05, 0) is 18.6 Å². The summed E-state index contributed by atoms with van der Waals surface area (Å²) in [6.45, 7) is 1.90. The molecular formula is C10H9NO3. The molecule has 0 atom stereocenters. The quantitative estimate of drug-likeness (QED) is 0.416. The molecule has 72 valence electrons. The minimum Gasteiger partial charge on any atom is -0.481 e. The number of aryl methyl sites for hydroxylation is 1. The first kappa shape index (κ1) is 10.1. The van der Waals surface area contributed by atoms with E-state index in [1.807, 2.05) is 0 Å². The molecule has 0 heterocycles. The molecule has 1 rings (SSSR count). The van der Waals surface area contributed by atoms with Gasteiger partial charge in [-0.2, -0.15) is 0 Å². The predicted octanol–water partition coefficient (Wildman–Crippen LogP) is 1.92. The van der Waals surface area contributed by atoms with Crippen LogP contribution in [0.1, 0.15) is 5.56 Å². The van der Waals surface area contributed by atoms with Gasteiger partial charge in [-0.15, -0.1) is 6.42 Å². The Morgan fingerprint density at radius 1 is 1.64 bits per heavy atom. The summed E-state index contributed by atoms with van der Waals surface area (Å²) >= 11 is 0. The zero-order valence-electron chi connectivity index (χ0n) is 7.69. The summed E-state index contributed by atoms with van der Waals surface area (Å²) < 4.78 is 5.16. The molecule has 0 amide bonds. The van der Waals surface area contributed by atoms with Gasteiger partial charge >= 0.3 is 0 Å². The highest BCUT2D eigenvalue weighted by Crippen LogP contribution is 2.22. The Bertz CT molecular complexity index is 393. The molecule has 0 aliphatic carbocycles. The standard InChI is InChI=1S/C10H9NO3/c1-3-6-14-10-5-4-9(11(12)13)7-8(10)2/h1,4-5,7H,6H2,2H3. The van der Waals surface area contributed by atoms with Crippen LogP contribution < -0.4 is 4.74 Å². The average molecular weight is 191 g/mol. The number of rotatable bonds is 3. The van der Waals surface area contributed by atoms with E-state index in [-0.39, 0.29) is 12.3 Å². The molecule has 14 heavy (non-hydrogen) atoms. The molecule has 4 nitrogen and oxygen atoms in total. The van der Waals surface area contributed by atoms with Crippen LogP contribution in [0.3, 0.4) is 0 Å². The number of nitrogens with zero attached hydrogens (tertiary/aromatic N) is 1. The third-order valence-electron chi connectivity index (χ3n) is 1.68. The van der Waals surface area contributed by atoms with E-state index in [4.69, 9.17) is 11.2 Å². The van der Waals surface area contributed by atoms with Crippen molar-refractivity contribution in [2.24, 2.45) is 0 Å². The fourth-order valence-corrected chi connectivity index (χ4v) is 1.03. The van der Waals surface area contributed by atoms with Gasteiger partial charge in [0.25, 0.3) is 5.69 Å². The van der Waals surface area contributed by atoms with Crippen molar-refractivity contribution in [3.8, 4) is 18.1 Å². The first-order chi connectivity index (χ1) is 6.65. The third kappa shape index (κ3) is 2.23. The normalized spacial score (nSPS) is 9.14. The van der Waals surface area contributed by atoms with E-state index in [2.05, 4.69) is 5.92 Å². The van der Waals surface area contributed by atoms with Crippen LogP contribution in [-0.4, -0.2) is 11.5 Å². The average Bonchev–Trinajstić information content (AvgIpc) is 2.15. The minimum absolute atomic E-state index is 0.0514. The van der Waals surface area contributed by atoms with Gasteiger partial charge in [0.15, 0.2) is 0 Å². The summed E-state index contributed by atoms with van der Waals surface area (Å²) in [6.07, 6.45) is 5.02. The molecule has 0 spiro atoms. The summed E-state index contributed by atoms with van der Waals surface area (Å²) in [4.78, 5) is 9.96. The van der Waals surface area contributed by atoms with Crippen LogP contribution in [0.25, 0.3) is 0 Å². The lowest BCUT2D eigenvalue weighted by atomic mass is 10.2. The van der Waals surface area contributed by atoms with E-state index in [1.54, 1.807) is 13.0 Å². The van der Waals surface area contributed by atoms with E-state index >= 15 is 0 Å². The Morgan fingerprint density at radius 2 is 2.36 bits per heavy atom. The number of hydrogen-bond donors (Lipinski definition) is 0. The SMILES string of the molecule is C#CCOc1ccc([N+](=O)[O-])cc1C. The fraction of sp³-hybridized carbons (Fsp3) is 0.200. The maximum absolute atomic E-state index is 10.4. The third-order valence-corrected chi connectivity index (χ3v) is 1.68. The van der Waals surface area contributed by atoms with Crippen LogP contribution in [0.15, 0.2) is 18.2 Å².